The first kappa shape index (κ1) is 25.1. The second-order valence-corrected chi connectivity index (χ2v) is 9.67. The van der Waals surface area contributed by atoms with Crippen LogP contribution in [0.2, 0.25) is 0 Å². The number of hydrogen-bond acceptors (Lipinski definition) is 2. The predicted molar refractivity (Wildman–Crippen MR) is 130 cm³/mol. The van der Waals surface area contributed by atoms with Gasteiger partial charge in [0, 0.05) is 44.3 Å². The van der Waals surface area contributed by atoms with E-state index < -0.39 is 22.6 Å². The summed E-state index contributed by atoms with van der Waals surface area (Å²) in [6.07, 6.45) is 8.95. The Hall–Kier alpha value is -2.48. The molecule has 178 valence electrons. The van der Waals surface area contributed by atoms with E-state index in [2.05, 4.69) is 63.4 Å². The number of fused-ring (bicyclic) bond motifs is 3. The summed E-state index contributed by atoms with van der Waals surface area (Å²) in [6.45, 7) is 11.7. The number of nitrogens with zero attached hydrogens (tertiary/aromatic N) is 3. The van der Waals surface area contributed by atoms with Crippen molar-refractivity contribution in [3.63, 3.8) is 0 Å². The zero-order valence-corrected chi connectivity index (χ0v) is 21.1. The van der Waals surface area contributed by atoms with Crippen LogP contribution >= 0.6 is 0 Å². The van der Waals surface area contributed by atoms with Crippen LogP contribution in [0.15, 0.2) is 24.4 Å². The highest BCUT2D eigenvalue weighted by atomic mass is 19.1. The lowest BCUT2D eigenvalue weighted by molar-refractivity contribution is -0.770. The molecule has 1 aliphatic rings. The molecule has 2 unspecified atom stereocenters. The Kier molecular flexibility index (Phi) is 7.46. The Morgan fingerprint density at radius 3 is 2.36 bits per heavy atom. The zero-order valence-electron chi connectivity index (χ0n) is 21.1. The van der Waals surface area contributed by atoms with Crippen LogP contribution in [0, 0.1) is 23.0 Å². The van der Waals surface area contributed by atoms with Crippen LogP contribution in [-0.4, -0.2) is 13.6 Å². The maximum atomic E-state index is 15.8. The van der Waals surface area contributed by atoms with Crippen molar-refractivity contribution in [2.75, 3.05) is 18.5 Å². The second-order valence-electron chi connectivity index (χ2n) is 9.67. The van der Waals surface area contributed by atoms with Crippen LogP contribution in [0.5, 0.6) is 0 Å². The number of halogens is 2. The lowest BCUT2D eigenvalue weighted by Gasteiger charge is -2.48. The van der Waals surface area contributed by atoms with Gasteiger partial charge in [0.2, 0.25) is 5.69 Å². The van der Waals surface area contributed by atoms with Crippen LogP contribution in [0.1, 0.15) is 90.7 Å². The molecule has 0 radical (unpaired) electrons. The van der Waals surface area contributed by atoms with Gasteiger partial charge in [-0.1, -0.05) is 40.5 Å². The van der Waals surface area contributed by atoms with Gasteiger partial charge in [-0.15, -0.1) is 0 Å². The molecule has 0 saturated carbocycles. The van der Waals surface area contributed by atoms with Crippen molar-refractivity contribution in [2.24, 2.45) is 0 Å². The first-order valence-electron chi connectivity index (χ1n) is 12.5. The largest absolute Gasteiger partial charge is 0.374 e. The number of pyridine rings is 1. The van der Waals surface area contributed by atoms with Crippen molar-refractivity contribution in [1.82, 2.24) is 0 Å². The molecule has 0 fully saturated rings. The molecule has 2 heterocycles. The molecule has 1 aromatic heterocycles. The van der Waals surface area contributed by atoms with Gasteiger partial charge in [-0.2, -0.15) is 9.83 Å². The first-order chi connectivity index (χ1) is 15.8. The van der Waals surface area contributed by atoms with Gasteiger partial charge in [0.25, 0.3) is 0 Å². The van der Waals surface area contributed by atoms with E-state index in [1.165, 1.54) is 6.07 Å². The van der Waals surface area contributed by atoms with Crippen molar-refractivity contribution in [3.05, 3.63) is 47.2 Å². The van der Waals surface area contributed by atoms with Gasteiger partial charge in [-0.05, 0) is 37.8 Å². The number of aromatic nitrogens is 1. The molecule has 0 bridgehead atoms. The maximum absolute atomic E-state index is 15.8. The van der Waals surface area contributed by atoms with Crippen molar-refractivity contribution in [2.45, 2.75) is 90.5 Å². The molecule has 33 heavy (non-hydrogen) atoms. The van der Waals surface area contributed by atoms with Gasteiger partial charge in [0.05, 0.1) is 11.0 Å². The summed E-state index contributed by atoms with van der Waals surface area (Å²) in [5, 5.41) is 9.49. The summed E-state index contributed by atoms with van der Waals surface area (Å²) in [5.41, 5.74) is 1.51. The Bertz CT molecular complexity index is 1060. The molecule has 3 nitrogen and oxygen atoms in total. The molecule has 1 aliphatic heterocycles. The fraction of sp³-hybridized carbons (Fsp3) is 0.571. The first-order valence-corrected chi connectivity index (χ1v) is 12.5. The highest BCUT2D eigenvalue weighted by Crippen LogP contribution is 2.53. The molecule has 3 rings (SSSR count). The standard InChI is InChI=1S/C28H38F2N3/c1-7-11-12-15-32(6)20-13-16-33-24(17-20)25-22(18-23(29)21(19-31)26(25)30)27(5,9-3)28(33,10-4)14-8-2/h13,16-18H,7-12,14-15H2,1-6H3/q+1. The molecule has 5 heteroatoms. The summed E-state index contributed by atoms with van der Waals surface area (Å²) in [5.74, 6) is -1.51. The molecule has 0 aliphatic carbocycles. The Labute approximate surface area is 198 Å². The Morgan fingerprint density at radius 1 is 1.06 bits per heavy atom. The Balaban J connectivity index is 2.36. The summed E-state index contributed by atoms with van der Waals surface area (Å²) < 4.78 is 33.0. The van der Waals surface area contributed by atoms with Gasteiger partial charge < -0.3 is 4.90 Å². The lowest BCUT2D eigenvalue weighted by Crippen LogP contribution is -2.69. The van der Waals surface area contributed by atoms with E-state index in [9.17, 15) is 9.65 Å². The van der Waals surface area contributed by atoms with E-state index in [1.807, 2.05) is 6.07 Å². The van der Waals surface area contributed by atoms with Crippen LogP contribution < -0.4 is 9.47 Å². The van der Waals surface area contributed by atoms with Gasteiger partial charge >= 0.3 is 0 Å². The highest BCUT2D eigenvalue weighted by molar-refractivity contribution is 5.71. The number of nitriles is 1. The van der Waals surface area contributed by atoms with Crippen LogP contribution in [0.3, 0.4) is 0 Å². The second kappa shape index (κ2) is 9.79. The highest BCUT2D eigenvalue weighted by Gasteiger charge is 2.59. The monoisotopic (exact) mass is 454 g/mol. The van der Waals surface area contributed by atoms with E-state index in [1.54, 1.807) is 6.07 Å². The third-order valence-corrected chi connectivity index (χ3v) is 8.10. The van der Waals surface area contributed by atoms with Gasteiger partial charge in [-0.25, -0.2) is 8.78 Å². The number of unbranched alkanes of at least 4 members (excludes halogenated alkanes) is 2. The summed E-state index contributed by atoms with van der Waals surface area (Å²) in [7, 11) is 2.06. The SMILES string of the molecule is CCCCCN(C)c1cc[n+]2c(c1)-c1c(cc(F)c(C#N)c1F)C(C)(CC)C2(CC)CCC. The van der Waals surface area contributed by atoms with Crippen molar-refractivity contribution in [3.8, 4) is 17.3 Å². The molecular weight excluding hydrogens is 416 g/mol. The van der Waals surface area contributed by atoms with E-state index in [0.29, 0.717) is 11.1 Å². The average molecular weight is 455 g/mol. The van der Waals surface area contributed by atoms with E-state index >= 15 is 4.39 Å². The van der Waals surface area contributed by atoms with Gasteiger partial charge in [0.1, 0.15) is 17.4 Å². The van der Waals surface area contributed by atoms with Crippen LogP contribution in [0.25, 0.3) is 11.3 Å². The molecule has 0 N–H and O–H groups in total. The van der Waals surface area contributed by atoms with E-state index in [4.69, 9.17) is 0 Å². The zero-order chi connectivity index (χ0) is 24.4. The quantitative estimate of drug-likeness (QED) is 0.302. The minimum absolute atomic E-state index is 0.314. The van der Waals surface area contributed by atoms with E-state index in [0.717, 1.165) is 62.9 Å². The molecule has 1 aromatic carbocycles. The van der Waals surface area contributed by atoms with Crippen molar-refractivity contribution in [1.29, 1.82) is 5.26 Å². The molecule has 0 spiro atoms. The average Bonchev–Trinajstić information content (AvgIpc) is 2.81. The minimum Gasteiger partial charge on any atom is -0.374 e. The third-order valence-electron chi connectivity index (χ3n) is 8.10. The van der Waals surface area contributed by atoms with Gasteiger partial charge in [0.15, 0.2) is 17.6 Å². The minimum atomic E-state index is -0.767. The predicted octanol–water partition coefficient (Wildman–Crippen LogP) is 7.00. The Morgan fingerprint density at radius 2 is 1.79 bits per heavy atom. The van der Waals surface area contributed by atoms with Crippen LogP contribution in [-0.2, 0) is 11.0 Å². The maximum Gasteiger partial charge on any atom is 0.218 e. The summed E-state index contributed by atoms with van der Waals surface area (Å²) in [6, 6.07) is 7.33. The molecule has 2 atom stereocenters. The van der Waals surface area contributed by atoms with Crippen molar-refractivity contribution >= 4 is 5.69 Å². The number of anilines is 1. The number of rotatable bonds is 9. The fourth-order valence-electron chi connectivity index (χ4n) is 6.01. The smallest absolute Gasteiger partial charge is 0.218 e. The van der Waals surface area contributed by atoms with E-state index in [-0.39, 0.29) is 5.54 Å². The van der Waals surface area contributed by atoms with Gasteiger partial charge in [-0.3, -0.25) is 0 Å². The third kappa shape index (κ3) is 3.82. The summed E-state index contributed by atoms with van der Waals surface area (Å²) >= 11 is 0. The summed E-state index contributed by atoms with van der Waals surface area (Å²) in [4.78, 5) is 2.20. The topological polar surface area (TPSA) is 30.9 Å². The molecular formula is C28H38F2N3+. The molecule has 0 saturated heterocycles. The number of hydrogen-bond donors (Lipinski definition) is 0. The number of benzene rings is 1. The van der Waals surface area contributed by atoms with Crippen LogP contribution in [0.4, 0.5) is 14.5 Å². The molecule has 2 aromatic rings. The van der Waals surface area contributed by atoms with Crippen molar-refractivity contribution < 1.29 is 13.3 Å². The fourth-order valence-corrected chi connectivity index (χ4v) is 6.01. The lowest BCUT2D eigenvalue weighted by atomic mass is 9.58. The molecule has 0 amide bonds. The normalized spacial score (nSPS) is 21.3.